The Morgan fingerprint density at radius 3 is 2.90 bits per heavy atom. The zero-order chi connectivity index (χ0) is 14.4. The maximum absolute atomic E-state index is 3.38. The van der Waals surface area contributed by atoms with Gasteiger partial charge in [-0.3, -0.25) is 0 Å². The van der Waals surface area contributed by atoms with Crippen molar-refractivity contribution in [3.05, 3.63) is 59.2 Å². The molecular formula is C20H21N. The van der Waals surface area contributed by atoms with Crippen molar-refractivity contribution in [1.82, 2.24) is 0 Å². The van der Waals surface area contributed by atoms with Crippen LogP contribution in [0.25, 0.3) is 0 Å². The summed E-state index contributed by atoms with van der Waals surface area (Å²) in [6, 6.07) is 17.6. The van der Waals surface area contributed by atoms with Gasteiger partial charge >= 0.3 is 0 Å². The fraction of sp³-hybridized carbons (Fsp3) is 0.400. The van der Waals surface area contributed by atoms with Crippen molar-refractivity contribution >= 4 is 11.4 Å². The molecule has 21 heavy (non-hydrogen) atoms. The number of aryl methyl sites for hydroxylation is 1. The van der Waals surface area contributed by atoms with E-state index in [9.17, 15) is 0 Å². The van der Waals surface area contributed by atoms with E-state index in [0.29, 0.717) is 11.8 Å². The zero-order valence-corrected chi connectivity index (χ0v) is 12.8. The van der Waals surface area contributed by atoms with E-state index in [4.69, 9.17) is 0 Å². The number of rotatable bonds is 1. The Kier molecular flexibility index (Phi) is 2.93. The first-order valence-electron chi connectivity index (χ1n) is 8.06. The lowest BCUT2D eigenvalue weighted by Gasteiger charge is -2.32. The molecular weight excluding hydrogens is 254 g/mol. The van der Waals surface area contributed by atoms with Crippen LogP contribution in [0, 0.1) is 18.1 Å². The average molecular weight is 275 g/mol. The molecule has 2 aromatic carbocycles. The summed E-state index contributed by atoms with van der Waals surface area (Å²) in [4.78, 5) is 2.51. The van der Waals surface area contributed by atoms with Gasteiger partial charge in [-0.25, -0.2) is 0 Å². The van der Waals surface area contributed by atoms with Crippen molar-refractivity contribution in [1.29, 1.82) is 0 Å². The van der Waals surface area contributed by atoms with Gasteiger partial charge in [-0.1, -0.05) is 44.2 Å². The minimum Gasteiger partial charge on any atom is -0.340 e. The SMILES string of the molecule is CC1Cc2c(c#ccc2N2CCCc3ccccc32)C1C. The van der Waals surface area contributed by atoms with Gasteiger partial charge in [-0.05, 0) is 48.3 Å². The van der Waals surface area contributed by atoms with Crippen molar-refractivity contribution in [2.75, 3.05) is 11.4 Å². The quantitative estimate of drug-likeness (QED) is 0.731. The lowest BCUT2D eigenvalue weighted by Crippen LogP contribution is -2.25. The average Bonchev–Trinajstić information content (AvgIpc) is 2.82. The van der Waals surface area contributed by atoms with Gasteiger partial charge in [-0.15, -0.1) is 0 Å². The monoisotopic (exact) mass is 275 g/mol. The van der Waals surface area contributed by atoms with Crippen LogP contribution in [-0.2, 0) is 12.8 Å². The van der Waals surface area contributed by atoms with Gasteiger partial charge in [0.05, 0.1) is 5.69 Å². The summed E-state index contributed by atoms with van der Waals surface area (Å²) in [6.07, 6.45) is 3.61. The van der Waals surface area contributed by atoms with E-state index in [0.717, 1.165) is 6.54 Å². The largest absolute Gasteiger partial charge is 0.340 e. The number of para-hydroxylation sites is 1. The minimum atomic E-state index is 0.608. The number of benzene rings is 1. The third kappa shape index (κ3) is 1.94. The molecule has 1 aliphatic carbocycles. The number of anilines is 2. The van der Waals surface area contributed by atoms with E-state index in [-0.39, 0.29) is 0 Å². The lowest BCUT2D eigenvalue weighted by atomic mass is 9.97. The molecule has 1 heteroatoms. The Morgan fingerprint density at radius 1 is 1.14 bits per heavy atom. The third-order valence-corrected chi connectivity index (χ3v) is 5.29. The molecule has 0 saturated heterocycles. The maximum atomic E-state index is 3.38. The van der Waals surface area contributed by atoms with Gasteiger partial charge < -0.3 is 4.90 Å². The number of hydrogen-bond donors (Lipinski definition) is 0. The fourth-order valence-electron chi connectivity index (χ4n) is 3.89. The van der Waals surface area contributed by atoms with Gasteiger partial charge in [0, 0.05) is 23.9 Å². The molecule has 0 bridgehead atoms. The molecule has 2 unspecified atom stereocenters. The Morgan fingerprint density at radius 2 is 2.00 bits per heavy atom. The van der Waals surface area contributed by atoms with Crippen LogP contribution in [0.15, 0.2) is 30.3 Å². The van der Waals surface area contributed by atoms with Crippen LogP contribution in [0.5, 0.6) is 0 Å². The molecule has 4 rings (SSSR count). The highest BCUT2D eigenvalue weighted by molar-refractivity contribution is 5.71. The maximum Gasteiger partial charge on any atom is 0.0537 e. The second-order valence-corrected chi connectivity index (χ2v) is 6.55. The van der Waals surface area contributed by atoms with Crippen molar-refractivity contribution in [3.8, 4) is 0 Å². The van der Waals surface area contributed by atoms with E-state index in [1.54, 1.807) is 0 Å². The topological polar surface area (TPSA) is 3.24 Å². The van der Waals surface area contributed by atoms with Gasteiger partial charge in [0.25, 0.3) is 0 Å². The van der Waals surface area contributed by atoms with Crippen LogP contribution in [0.2, 0.25) is 0 Å². The lowest BCUT2D eigenvalue weighted by molar-refractivity contribution is 0.532. The summed E-state index contributed by atoms with van der Waals surface area (Å²) in [5.74, 6) is 1.32. The molecule has 1 aliphatic heterocycles. The van der Waals surface area contributed by atoms with Gasteiger partial charge in [-0.2, -0.15) is 0 Å². The molecule has 1 heterocycles. The van der Waals surface area contributed by atoms with Gasteiger partial charge in [0.2, 0.25) is 0 Å². The molecule has 0 saturated carbocycles. The molecule has 0 N–H and O–H groups in total. The van der Waals surface area contributed by atoms with Crippen molar-refractivity contribution < 1.29 is 0 Å². The second kappa shape index (κ2) is 4.81. The predicted octanol–water partition coefficient (Wildman–Crippen LogP) is 4.67. The highest BCUT2D eigenvalue weighted by atomic mass is 15.1. The molecule has 0 aromatic heterocycles. The van der Waals surface area contributed by atoms with Crippen LogP contribution >= 0.6 is 0 Å². The first-order chi connectivity index (χ1) is 10.3. The molecule has 2 aromatic rings. The summed E-state index contributed by atoms with van der Waals surface area (Å²) in [5.41, 5.74) is 7.13. The number of fused-ring (bicyclic) bond motifs is 2. The Balaban J connectivity index is 1.83. The van der Waals surface area contributed by atoms with Crippen LogP contribution in [0.4, 0.5) is 11.4 Å². The summed E-state index contributed by atoms with van der Waals surface area (Å²) >= 11 is 0. The van der Waals surface area contributed by atoms with Crippen molar-refractivity contribution in [2.24, 2.45) is 5.92 Å². The van der Waals surface area contributed by atoms with Crippen LogP contribution in [0.1, 0.15) is 42.9 Å². The molecule has 0 spiro atoms. The van der Waals surface area contributed by atoms with E-state index >= 15 is 0 Å². The predicted molar refractivity (Wildman–Crippen MR) is 87.2 cm³/mol. The molecule has 1 nitrogen and oxygen atoms in total. The van der Waals surface area contributed by atoms with E-state index in [2.05, 4.69) is 61.2 Å². The van der Waals surface area contributed by atoms with Crippen molar-refractivity contribution in [2.45, 2.75) is 39.0 Å². The Hall–Kier alpha value is -1.94. The van der Waals surface area contributed by atoms with Crippen LogP contribution < -0.4 is 4.90 Å². The first-order valence-corrected chi connectivity index (χ1v) is 8.06. The second-order valence-electron chi connectivity index (χ2n) is 6.55. The Labute approximate surface area is 127 Å². The molecule has 0 fully saturated rings. The first kappa shape index (κ1) is 12.8. The standard InChI is InChI=1S/C20H21N/c1-14-13-18-17(15(14)2)9-5-11-20(18)21-12-6-8-16-7-3-4-10-19(16)21/h3-4,7,10-11,14-15H,6,8,12-13H2,1-2H3. The summed E-state index contributed by atoms with van der Waals surface area (Å²) in [7, 11) is 0. The van der Waals surface area contributed by atoms with E-state index in [1.807, 2.05) is 0 Å². The highest BCUT2D eigenvalue weighted by Crippen LogP contribution is 2.43. The minimum absolute atomic E-state index is 0.608. The van der Waals surface area contributed by atoms with Gasteiger partial charge in [0.1, 0.15) is 0 Å². The Bertz CT molecular complexity index is 673. The zero-order valence-electron chi connectivity index (χ0n) is 12.8. The summed E-state index contributed by atoms with van der Waals surface area (Å²) in [5, 5.41) is 0. The fourth-order valence-corrected chi connectivity index (χ4v) is 3.89. The van der Waals surface area contributed by atoms with Crippen molar-refractivity contribution in [3.63, 3.8) is 0 Å². The molecule has 2 aliphatic rings. The van der Waals surface area contributed by atoms with Crippen LogP contribution in [0.3, 0.4) is 0 Å². The summed E-state index contributed by atoms with van der Waals surface area (Å²) < 4.78 is 0. The molecule has 2 atom stereocenters. The molecule has 0 amide bonds. The van der Waals surface area contributed by atoms with Crippen LogP contribution in [-0.4, -0.2) is 6.54 Å². The van der Waals surface area contributed by atoms with Gasteiger partial charge in [0.15, 0.2) is 0 Å². The van der Waals surface area contributed by atoms with E-state index in [1.165, 1.54) is 47.3 Å². The third-order valence-electron chi connectivity index (χ3n) is 5.29. The normalized spacial score (nSPS) is 23.4. The number of nitrogens with zero attached hydrogens (tertiary/aromatic N) is 1. The highest BCUT2D eigenvalue weighted by Gasteiger charge is 2.30. The molecule has 0 radical (unpaired) electrons. The van der Waals surface area contributed by atoms with E-state index < -0.39 is 0 Å². The number of hydrogen-bond acceptors (Lipinski definition) is 1. The molecule has 106 valence electrons. The smallest absolute Gasteiger partial charge is 0.0537 e. The summed E-state index contributed by atoms with van der Waals surface area (Å²) in [6.45, 7) is 5.80.